The largest absolute Gasteiger partial charge is 0.456 e. The molecule has 1 unspecified atom stereocenters. The molecule has 3 heterocycles. The Kier molecular flexibility index (Phi) is 2.72. The van der Waals surface area contributed by atoms with Crippen LogP contribution < -0.4 is 4.99 Å². The zero-order valence-corrected chi connectivity index (χ0v) is 14.0. The van der Waals surface area contributed by atoms with Crippen molar-refractivity contribution < 1.29 is 13.8 Å². The molecule has 0 radical (unpaired) electrons. The molecule has 3 heteroatoms. The Labute approximate surface area is 149 Å². The zero-order chi connectivity index (χ0) is 17.1. The third-order valence-electron chi connectivity index (χ3n) is 5.32. The summed E-state index contributed by atoms with van der Waals surface area (Å²) in [5.41, 5.74) is 4.88. The van der Waals surface area contributed by atoms with Crippen LogP contribution in [0.4, 0.5) is 0 Å². The van der Waals surface area contributed by atoms with Gasteiger partial charge in [-0.15, -0.1) is 0 Å². The van der Waals surface area contributed by atoms with E-state index in [0.29, 0.717) is 0 Å². The van der Waals surface area contributed by atoms with Crippen molar-refractivity contribution >= 4 is 50.1 Å². The molecule has 0 saturated carbocycles. The predicted octanol–water partition coefficient (Wildman–Crippen LogP) is 4.64. The fourth-order valence-corrected chi connectivity index (χ4v) is 4.14. The summed E-state index contributed by atoms with van der Waals surface area (Å²) < 4.78 is 12.6. The van der Waals surface area contributed by atoms with Crippen molar-refractivity contribution in [1.82, 2.24) is 0 Å². The summed E-state index contributed by atoms with van der Waals surface area (Å²) in [4.78, 5) is 3.23. The Hall–Kier alpha value is -3.33. The van der Waals surface area contributed by atoms with Gasteiger partial charge in [0.1, 0.15) is 22.3 Å². The summed E-state index contributed by atoms with van der Waals surface area (Å²) in [7, 11) is 0. The topological polar surface area (TPSA) is 40.2 Å². The van der Waals surface area contributed by atoms with Crippen LogP contribution in [0.25, 0.3) is 43.9 Å². The summed E-state index contributed by atoms with van der Waals surface area (Å²) in [5, 5.41) is 4.57. The van der Waals surface area contributed by atoms with Crippen molar-refractivity contribution in [2.24, 2.45) is 0 Å². The average molecular weight is 338 g/mol. The number of allylic oxidation sites excluding steroid dienone is 1. The molecule has 26 heavy (non-hydrogen) atoms. The minimum atomic E-state index is 0.251. The maximum Gasteiger partial charge on any atom is 0.162 e. The number of fused-ring (bicyclic) bond motifs is 7. The highest BCUT2D eigenvalue weighted by Gasteiger charge is 2.24. The second-order valence-electron chi connectivity index (χ2n) is 6.82. The molecule has 1 aliphatic rings. The lowest BCUT2D eigenvalue weighted by Gasteiger charge is -2.10. The highest BCUT2D eigenvalue weighted by Crippen LogP contribution is 2.43. The van der Waals surface area contributed by atoms with Crippen LogP contribution >= 0.6 is 0 Å². The van der Waals surface area contributed by atoms with Gasteiger partial charge in [0.05, 0.1) is 5.92 Å². The number of furan rings is 2. The maximum absolute atomic E-state index is 6.35. The Morgan fingerprint density at radius 3 is 2.31 bits per heavy atom. The molecular weight excluding hydrogens is 322 g/mol. The molecule has 0 spiro atoms. The van der Waals surface area contributed by atoms with Crippen LogP contribution in [-0.4, -0.2) is 6.21 Å². The first-order valence-electron chi connectivity index (χ1n) is 8.90. The van der Waals surface area contributed by atoms with E-state index >= 15 is 0 Å². The lowest BCUT2D eigenvalue weighted by atomic mass is 9.92. The molecule has 0 aliphatic carbocycles. The van der Waals surface area contributed by atoms with E-state index in [-0.39, 0.29) is 5.92 Å². The van der Waals surface area contributed by atoms with Crippen LogP contribution in [0.5, 0.6) is 0 Å². The molecule has 124 valence electrons. The molecule has 1 aliphatic heterocycles. The smallest absolute Gasteiger partial charge is 0.162 e. The molecule has 3 aromatic carbocycles. The van der Waals surface area contributed by atoms with Crippen molar-refractivity contribution in [2.75, 3.05) is 0 Å². The monoisotopic (exact) mass is 338 g/mol. The summed E-state index contributed by atoms with van der Waals surface area (Å²) in [5.74, 6) is 0.251. The standard InChI is InChI=1S/C23H15NO2/c1-3-9-18-15(7-1)21-20(25-18)12-17(14-6-5-11-24-13-14)23-22(21)16-8-2-4-10-19(16)26-23/h1-5,7-14H,6H2/p+1. The minimum absolute atomic E-state index is 0.251. The first-order chi connectivity index (χ1) is 12.9. The molecule has 2 aromatic heterocycles. The van der Waals surface area contributed by atoms with Crippen molar-refractivity contribution in [3.63, 3.8) is 0 Å². The van der Waals surface area contributed by atoms with E-state index < -0.39 is 0 Å². The van der Waals surface area contributed by atoms with E-state index in [0.717, 1.165) is 50.3 Å². The first kappa shape index (κ1) is 13.9. The Bertz CT molecular complexity index is 1370. The van der Waals surface area contributed by atoms with Gasteiger partial charge < -0.3 is 8.83 Å². The SMILES string of the molecule is C1=C[NH+]=CC(c2cc3oc4ccccc4c3c3c2oc2ccccc23)C1. The van der Waals surface area contributed by atoms with Gasteiger partial charge in [-0.25, -0.2) is 4.99 Å². The molecule has 0 amide bonds. The van der Waals surface area contributed by atoms with Crippen molar-refractivity contribution in [2.45, 2.75) is 12.3 Å². The van der Waals surface area contributed by atoms with Gasteiger partial charge in [-0.2, -0.15) is 0 Å². The quantitative estimate of drug-likeness (QED) is 0.484. The number of nitrogens with one attached hydrogen (secondary N) is 1. The van der Waals surface area contributed by atoms with Gasteiger partial charge in [0, 0.05) is 27.1 Å². The molecule has 0 fully saturated rings. The summed E-state index contributed by atoms with van der Waals surface area (Å²) in [6, 6.07) is 18.6. The van der Waals surface area contributed by atoms with Crippen molar-refractivity contribution in [3.8, 4) is 0 Å². The fraction of sp³-hybridized carbons (Fsp3) is 0.0870. The van der Waals surface area contributed by atoms with E-state index in [2.05, 4.69) is 47.6 Å². The minimum Gasteiger partial charge on any atom is -0.456 e. The van der Waals surface area contributed by atoms with Crippen LogP contribution in [0.2, 0.25) is 0 Å². The van der Waals surface area contributed by atoms with Gasteiger partial charge in [-0.3, -0.25) is 0 Å². The highest BCUT2D eigenvalue weighted by atomic mass is 16.3. The molecule has 1 atom stereocenters. The molecule has 0 bridgehead atoms. The molecular formula is C23H16NO2+. The van der Waals surface area contributed by atoms with Crippen LogP contribution in [0.1, 0.15) is 17.9 Å². The van der Waals surface area contributed by atoms with Gasteiger partial charge in [-0.1, -0.05) is 36.4 Å². The fourth-order valence-electron chi connectivity index (χ4n) is 4.14. The summed E-state index contributed by atoms with van der Waals surface area (Å²) in [6.07, 6.45) is 7.20. The Morgan fingerprint density at radius 2 is 1.54 bits per heavy atom. The van der Waals surface area contributed by atoms with Gasteiger partial charge in [0.15, 0.2) is 12.4 Å². The highest BCUT2D eigenvalue weighted by molar-refractivity contribution is 6.26. The summed E-state index contributed by atoms with van der Waals surface area (Å²) in [6.45, 7) is 0. The lowest BCUT2D eigenvalue weighted by molar-refractivity contribution is -0.371. The number of para-hydroxylation sites is 2. The molecule has 6 rings (SSSR count). The number of hydrogen-bond acceptors (Lipinski definition) is 2. The third-order valence-corrected chi connectivity index (χ3v) is 5.32. The molecule has 5 aromatic rings. The number of rotatable bonds is 1. The lowest BCUT2D eigenvalue weighted by Crippen LogP contribution is -2.63. The predicted molar refractivity (Wildman–Crippen MR) is 105 cm³/mol. The van der Waals surface area contributed by atoms with Gasteiger partial charge in [0.2, 0.25) is 0 Å². The van der Waals surface area contributed by atoms with E-state index in [1.807, 2.05) is 30.5 Å². The van der Waals surface area contributed by atoms with E-state index in [4.69, 9.17) is 8.83 Å². The van der Waals surface area contributed by atoms with E-state index in [1.165, 1.54) is 5.56 Å². The summed E-state index contributed by atoms with van der Waals surface area (Å²) >= 11 is 0. The second-order valence-corrected chi connectivity index (χ2v) is 6.82. The molecule has 0 saturated heterocycles. The zero-order valence-electron chi connectivity index (χ0n) is 14.0. The van der Waals surface area contributed by atoms with Crippen molar-refractivity contribution in [3.05, 3.63) is 72.4 Å². The van der Waals surface area contributed by atoms with Crippen LogP contribution in [-0.2, 0) is 0 Å². The first-order valence-corrected chi connectivity index (χ1v) is 8.90. The number of benzene rings is 3. The third kappa shape index (κ3) is 1.80. The second kappa shape index (κ2) is 5.09. The molecule has 1 N–H and O–H groups in total. The van der Waals surface area contributed by atoms with E-state index in [1.54, 1.807) is 0 Å². The van der Waals surface area contributed by atoms with Crippen LogP contribution in [0.3, 0.4) is 0 Å². The van der Waals surface area contributed by atoms with Gasteiger partial charge >= 0.3 is 0 Å². The van der Waals surface area contributed by atoms with Crippen LogP contribution in [0, 0.1) is 0 Å². The Morgan fingerprint density at radius 1 is 0.808 bits per heavy atom. The normalized spacial score (nSPS) is 17.2. The van der Waals surface area contributed by atoms with E-state index in [9.17, 15) is 0 Å². The van der Waals surface area contributed by atoms with Gasteiger partial charge in [0.25, 0.3) is 0 Å². The average Bonchev–Trinajstić information content (AvgIpc) is 3.26. The van der Waals surface area contributed by atoms with Crippen LogP contribution in [0.15, 0.2) is 75.7 Å². The van der Waals surface area contributed by atoms with Gasteiger partial charge in [-0.05, 0) is 30.7 Å². The Balaban J connectivity index is 1.85. The number of hydrogen-bond donors (Lipinski definition) is 1. The van der Waals surface area contributed by atoms with Crippen molar-refractivity contribution in [1.29, 1.82) is 0 Å². The molecule has 3 nitrogen and oxygen atoms in total. The maximum atomic E-state index is 6.35.